The smallest absolute Gasteiger partial charge is 0.145 e. The van der Waals surface area contributed by atoms with Crippen LogP contribution in [0.25, 0.3) is 0 Å². The Morgan fingerprint density at radius 1 is 1.17 bits per heavy atom. The number of thiophene rings is 1. The van der Waals surface area contributed by atoms with E-state index in [1.165, 1.54) is 42.8 Å². The molecule has 0 bridgehead atoms. The van der Waals surface area contributed by atoms with Crippen LogP contribution in [0.5, 0.6) is 0 Å². The fraction of sp³-hybridized carbons (Fsp3) is 0.647. The van der Waals surface area contributed by atoms with Crippen molar-refractivity contribution in [1.29, 1.82) is 0 Å². The molecular formula is C17H20BrN3OS. The lowest BCUT2D eigenvalue weighted by Crippen LogP contribution is -2.47. The SMILES string of the molecule is O[C@H]1C[C@@](c2ccc(Br)s2)(c2nnc(C3CCC3)n2C2CC2)C1. The van der Waals surface area contributed by atoms with Crippen molar-refractivity contribution in [2.75, 3.05) is 0 Å². The molecule has 2 aromatic rings. The minimum Gasteiger partial charge on any atom is -0.393 e. The summed E-state index contributed by atoms with van der Waals surface area (Å²) in [7, 11) is 0. The topological polar surface area (TPSA) is 50.9 Å². The van der Waals surface area contributed by atoms with Crippen molar-refractivity contribution < 1.29 is 5.11 Å². The minimum atomic E-state index is -0.215. The molecule has 0 atom stereocenters. The first kappa shape index (κ1) is 14.6. The van der Waals surface area contributed by atoms with Crippen molar-refractivity contribution >= 4 is 27.3 Å². The third-order valence-corrected chi connectivity index (χ3v) is 7.57. The Balaban J connectivity index is 1.62. The van der Waals surface area contributed by atoms with Crippen LogP contribution in [0.15, 0.2) is 15.9 Å². The first-order valence-corrected chi connectivity index (χ1v) is 10.2. The number of nitrogens with zero attached hydrogens (tertiary/aromatic N) is 3. The summed E-state index contributed by atoms with van der Waals surface area (Å²) in [5.41, 5.74) is -0.131. The summed E-state index contributed by atoms with van der Waals surface area (Å²) in [5.74, 6) is 2.93. The van der Waals surface area contributed by atoms with Crippen LogP contribution < -0.4 is 0 Å². The molecule has 2 aromatic heterocycles. The Bertz CT molecular complexity index is 741. The van der Waals surface area contributed by atoms with Crippen LogP contribution in [-0.4, -0.2) is 26.0 Å². The quantitative estimate of drug-likeness (QED) is 0.848. The molecule has 2 heterocycles. The van der Waals surface area contributed by atoms with Gasteiger partial charge in [-0.15, -0.1) is 21.5 Å². The highest BCUT2D eigenvalue weighted by molar-refractivity contribution is 9.11. The number of hydrogen-bond acceptors (Lipinski definition) is 4. The Morgan fingerprint density at radius 3 is 2.48 bits per heavy atom. The molecule has 23 heavy (non-hydrogen) atoms. The van der Waals surface area contributed by atoms with Crippen molar-refractivity contribution in [1.82, 2.24) is 14.8 Å². The van der Waals surface area contributed by atoms with Gasteiger partial charge in [-0.25, -0.2) is 0 Å². The Labute approximate surface area is 148 Å². The molecule has 0 saturated heterocycles. The lowest BCUT2D eigenvalue weighted by Gasteiger charge is -2.44. The molecule has 5 rings (SSSR count). The lowest BCUT2D eigenvalue weighted by molar-refractivity contribution is 0.0333. The molecule has 122 valence electrons. The molecule has 3 saturated carbocycles. The van der Waals surface area contributed by atoms with E-state index in [0.29, 0.717) is 12.0 Å². The standard InChI is InChI=1S/C17H20BrN3OS/c18-14-7-6-13(23-14)17(8-12(22)9-17)16-20-19-15(10-2-1-3-10)21(16)11-4-5-11/h6-7,10-12,22H,1-5,8-9H2/t12-,17+. The second-order valence-corrected chi connectivity index (χ2v) is 9.82. The highest BCUT2D eigenvalue weighted by Crippen LogP contribution is 2.54. The van der Waals surface area contributed by atoms with Crippen LogP contribution >= 0.6 is 27.3 Å². The summed E-state index contributed by atoms with van der Waals surface area (Å²) >= 11 is 5.36. The van der Waals surface area contributed by atoms with Crippen LogP contribution in [0.2, 0.25) is 0 Å². The van der Waals surface area contributed by atoms with Gasteiger partial charge in [-0.1, -0.05) is 6.42 Å². The molecule has 0 spiro atoms. The molecular weight excluding hydrogens is 374 g/mol. The molecule has 0 aromatic carbocycles. The summed E-state index contributed by atoms with van der Waals surface area (Å²) in [4.78, 5) is 1.31. The van der Waals surface area contributed by atoms with Gasteiger partial charge < -0.3 is 9.67 Å². The monoisotopic (exact) mass is 393 g/mol. The van der Waals surface area contributed by atoms with Gasteiger partial charge in [-0.2, -0.15) is 0 Å². The van der Waals surface area contributed by atoms with Crippen LogP contribution in [0.1, 0.15) is 73.4 Å². The number of rotatable bonds is 4. The average molecular weight is 394 g/mol. The van der Waals surface area contributed by atoms with Crippen molar-refractivity contribution in [2.24, 2.45) is 0 Å². The molecule has 0 radical (unpaired) electrons. The van der Waals surface area contributed by atoms with Gasteiger partial charge in [0, 0.05) is 16.8 Å². The normalized spacial score (nSPS) is 31.0. The van der Waals surface area contributed by atoms with Crippen LogP contribution in [0, 0.1) is 0 Å². The van der Waals surface area contributed by atoms with E-state index in [2.05, 4.69) is 42.8 Å². The number of aliphatic hydroxyl groups excluding tert-OH is 1. The maximum atomic E-state index is 10.1. The molecule has 1 N–H and O–H groups in total. The summed E-state index contributed by atoms with van der Waals surface area (Å²) in [6, 6.07) is 4.89. The van der Waals surface area contributed by atoms with Crippen molar-refractivity contribution in [3.8, 4) is 0 Å². The molecule has 4 nitrogen and oxygen atoms in total. The van der Waals surface area contributed by atoms with E-state index in [0.717, 1.165) is 22.5 Å². The van der Waals surface area contributed by atoms with Crippen LogP contribution in [0.3, 0.4) is 0 Å². The fourth-order valence-electron chi connectivity index (χ4n) is 4.08. The molecule has 3 fully saturated rings. The highest BCUT2D eigenvalue weighted by atomic mass is 79.9. The first-order chi connectivity index (χ1) is 11.2. The highest BCUT2D eigenvalue weighted by Gasteiger charge is 2.52. The Kier molecular flexibility index (Phi) is 3.26. The predicted molar refractivity (Wildman–Crippen MR) is 92.9 cm³/mol. The van der Waals surface area contributed by atoms with Gasteiger partial charge in [-0.3, -0.25) is 0 Å². The van der Waals surface area contributed by atoms with Gasteiger partial charge in [-0.05, 0) is 66.6 Å². The van der Waals surface area contributed by atoms with Gasteiger partial charge in [0.25, 0.3) is 0 Å². The predicted octanol–water partition coefficient (Wildman–Crippen LogP) is 4.15. The van der Waals surface area contributed by atoms with Crippen molar-refractivity contribution in [2.45, 2.75) is 68.4 Å². The van der Waals surface area contributed by atoms with Gasteiger partial charge in [0.2, 0.25) is 0 Å². The average Bonchev–Trinajstić information content (AvgIpc) is 3.04. The number of hydrogen-bond donors (Lipinski definition) is 1. The zero-order valence-electron chi connectivity index (χ0n) is 12.9. The largest absolute Gasteiger partial charge is 0.393 e. The Hall–Kier alpha value is -0.720. The van der Waals surface area contributed by atoms with E-state index >= 15 is 0 Å². The third kappa shape index (κ3) is 2.18. The molecule has 3 aliphatic carbocycles. The first-order valence-electron chi connectivity index (χ1n) is 8.56. The zero-order valence-corrected chi connectivity index (χ0v) is 15.3. The number of halogens is 1. The molecule has 0 amide bonds. The maximum Gasteiger partial charge on any atom is 0.145 e. The van der Waals surface area contributed by atoms with E-state index in [4.69, 9.17) is 0 Å². The molecule has 6 heteroatoms. The lowest BCUT2D eigenvalue weighted by atomic mass is 9.65. The summed E-state index contributed by atoms with van der Waals surface area (Å²) in [6.07, 6.45) is 7.65. The second-order valence-electron chi connectivity index (χ2n) is 7.36. The van der Waals surface area contributed by atoms with E-state index in [9.17, 15) is 5.11 Å². The summed E-state index contributed by atoms with van der Waals surface area (Å²) < 4.78 is 3.61. The second kappa shape index (κ2) is 5.14. The number of aromatic nitrogens is 3. The molecule has 0 unspecified atom stereocenters. The van der Waals surface area contributed by atoms with E-state index in [1.54, 1.807) is 11.3 Å². The van der Waals surface area contributed by atoms with Gasteiger partial charge in [0.15, 0.2) is 0 Å². The molecule has 3 aliphatic rings. The van der Waals surface area contributed by atoms with Crippen molar-refractivity contribution in [3.05, 3.63) is 32.4 Å². The van der Waals surface area contributed by atoms with E-state index in [-0.39, 0.29) is 11.5 Å². The summed E-state index contributed by atoms with van der Waals surface area (Å²) in [6.45, 7) is 0. The third-order valence-electron chi connectivity index (χ3n) is 5.75. The van der Waals surface area contributed by atoms with Gasteiger partial charge in [0.1, 0.15) is 11.6 Å². The van der Waals surface area contributed by atoms with Crippen molar-refractivity contribution in [3.63, 3.8) is 0 Å². The van der Waals surface area contributed by atoms with Gasteiger partial charge >= 0.3 is 0 Å². The van der Waals surface area contributed by atoms with E-state index in [1.807, 2.05) is 0 Å². The molecule has 0 aliphatic heterocycles. The summed E-state index contributed by atoms with van der Waals surface area (Å²) in [5, 5.41) is 19.4. The van der Waals surface area contributed by atoms with E-state index < -0.39 is 0 Å². The Morgan fingerprint density at radius 2 is 1.96 bits per heavy atom. The van der Waals surface area contributed by atoms with Gasteiger partial charge in [0.05, 0.1) is 15.3 Å². The maximum absolute atomic E-state index is 10.1. The van der Waals surface area contributed by atoms with Crippen LogP contribution in [0.4, 0.5) is 0 Å². The minimum absolute atomic E-state index is 0.131. The fourth-order valence-corrected chi connectivity index (χ4v) is 5.67. The number of aliphatic hydroxyl groups is 1. The van der Waals surface area contributed by atoms with Crippen LogP contribution in [-0.2, 0) is 5.41 Å². The zero-order chi connectivity index (χ0) is 15.6.